The zero-order valence-electron chi connectivity index (χ0n) is 11.4. The summed E-state index contributed by atoms with van der Waals surface area (Å²) in [6.45, 7) is 2.84. The van der Waals surface area contributed by atoms with Crippen molar-refractivity contribution >= 4 is 0 Å². The standard InChI is InChI=1S/C14H18F2N4/c1-2-5-20-14(18-9-19-20)8-12(17)6-10-3-4-11(15)7-13(10)16/h3-4,7,9,12H,2,5-6,8,17H2,1H3. The molecule has 20 heavy (non-hydrogen) atoms. The molecule has 0 amide bonds. The number of nitrogens with zero attached hydrogens (tertiary/aromatic N) is 3. The van der Waals surface area contributed by atoms with Crippen LogP contribution < -0.4 is 5.73 Å². The van der Waals surface area contributed by atoms with E-state index < -0.39 is 11.6 Å². The van der Waals surface area contributed by atoms with E-state index in [1.165, 1.54) is 18.5 Å². The van der Waals surface area contributed by atoms with Crippen molar-refractivity contribution in [3.8, 4) is 0 Å². The SMILES string of the molecule is CCCn1ncnc1CC(N)Cc1ccc(F)cc1F. The summed E-state index contributed by atoms with van der Waals surface area (Å²) in [6, 6.07) is 3.27. The molecule has 0 spiro atoms. The van der Waals surface area contributed by atoms with E-state index in [1.54, 1.807) is 4.68 Å². The normalized spacial score (nSPS) is 12.6. The van der Waals surface area contributed by atoms with E-state index in [1.807, 2.05) is 0 Å². The van der Waals surface area contributed by atoms with Crippen LogP contribution in [0.5, 0.6) is 0 Å². The van der Waals surface area contributed by atoms with Crippen LogP contribution >= 0.6 is 0 Å². The Balaban J connectivity index is 2.01. The van der Waals surface area contributed by atoms with Gasteiger partial charge in [0.05, 0.1) is 0 Å². The van der Waals surface area contributed by atoms with Gasteiger partial charge in [-0.1, -0.05) is 13.0 Å². The second kappa shape index (κ2) is 6.56. The number of halogens is 2. The molecule has 6 heteroatoms. The lowest BCUT2D eigenvalue weighted by molar-refractivity contribution is 0.528. The maximum atomic E-state index is 13.6. The van der Waals surface area contributed by atoms with Gasteiger partial charge in [-0.25, -0.2) is 13.8 Å². The van der Waals surface area contributed by atoms with E-state index in [-0.39, 0.29) is 6.04 Å². The smallest absolute Gasteiger partial charge is 0.138 e. The lowest BCUT2D eigenvalue weighted by Crippen LogP contribution is -2.27. The Kier molecular flexibility index (Phi) is 4.79. The summed E-state index contributed by atoms with van der Waals surface area (Å²) >= 11 is 0. The molecular formula is C14H18F2N4. The first-order valence-electron chi connectivity index (χ1n) is 6.66. The van der Waals surface area contributed by atoms with E-state index in [4.69, 9.17) is 5.73 Å². The molecule has 2 N–H and O–H groups in total. The first-order chi connectivity index (χ1) is 9.60. The second-order valence-corrected chi connectivity index (χ2v) is 4.80. The van der Waals surface area contributed by atoms with Crippen molar-refractivity contribution in [2.45, 2.75) is 38.8 Å². The predicted molar refractivity (Wildman–Crippen MR) is 72.1 cm³/mol. The molecule has 2 rings (SSSR count). The van der Waals surface area contributed by atoms with Gasteiger partial charge in [0.2, 0.25) is 0 Å². The Labute approximate surface area is 116 Å². The molecule has 0 aliphatic heterocycles. The molecule has 0 aliphatic rings. The third kappa shape index (κ3) is 3.60. The molecule has 0 fully saturated rings. The average molecular weight is 280 g/mol. The highest BCUT2D eigenvalue weighted by atomic mass is 19.1. The van der Waals surface area contributed by atoms with Gasteiger partial charge in [-0.15, -0.1) is 0 Å². The third-order valence-corrected chi connectivity index (χ3v) is 3.07. The molecule has 108 valence electrons. The van der Waals surface area contributed by atoms with Gasteiger partial charge < -0.3 is 5.73 Å². The van der Waals surface area contributed by atoms with Crippen molar-refractivity contribution in [3.05, 3.63) is 47.5 Å². The molecule has 1 heterocycles. The van der Waals surface area contributed by atoms with Crippen LogP contribution in [0.3, 0.4) is 0 Å². The monoisotopic (exact) mass is 280 g/mol. The molecule has 0 radical (unpaired) electrons. The number of hydrogen-bond acceptors (Lipinski definition) is 3. The van der Waals surface area contributed by atoms with Crippen molar-refractivity contribution in [1.82, 2.24) is 14.8 Å². The number of benzene rings is 1. The van der Waals surface area contributed by atoms with Gasteiger partial charge in [0.1, 0.15) is 23.8 Å². The lowest BCUT2D eigenvalue weighted by atomic mass is 10.0. The average Bonchev–Trinajstić information content (AvgIpc) is 2.81. The van der Waals surface area contributed by atoms with E-state index in [2.05, 4.69) is 17.0 Å². The van der Waals surface area contributed by atoms with E-state index in [0.717, 1.165) is 24.9 Å². The summed E-state index contributed by atoms with van der Waals surface area (Å²) in [5.74, 6) is -0.347. The molecule has 0 bridgehead atoms. The highest BCUT2D eigenvalue weighted by Crippen LogP contribution is 2.12. The van der Waals surface area contributed by atoms with E-state index >= 15 is 0 Å². The first kappa shape index (κ1) is 14.6. The summed E-state index contributed by atoms with van der Waals surface area (Å²) in [5.41, 5.74) is 6.44. The maximum Gasteiger partial charge on any atom is 0.138 e. The van der Waals surface area contributed by atoms with Crippen LogP contribution in [-0.2, 0) is 19.4 Å². The summed E-state index contributed by atoms with van der Waals surface area (Å²) in [4.78, 5) is 4.17. The Morgan fingerprint density at radius 2 is 2.10 bits per heavy atom. The summed E-state index contributed by atoms with van der Waals surface area (Å²) < 4.78 is 28.2. The Morgan fingerprint density at radius 3 is 2.80 bits per heavy atom. The molecule has 1 unspecified atom stereocenters. The highest BCUT2D eigenvalue weighted by Gasteiger charge is 2.13. The summed E-state index contributed by atoms with van der Waals surface area (Å²) in [6.07, 6.45) is 3.30. The minimum atomic E-state index is -0.581. The molecule has 0 aliphatic carbocycles. The van der Waals surface area contributed by atoms with Crippen LogP contribution in [0.2, 0.25) is 0 Å². The van der Waals surface area contributed by atoms with Crippen LogP contribution in [0.15, 0.2) is 24.5 Å². The maximum absolute atomic E-state index is 13.6. The van der Waals surface area contributed by atoms with Crippen LogP contribution in [0.4, 0.5) is 8.78 Å². The van der Waals surface area contributed by atoms with E-state index in [9.17, 15) is 8.78 Å². The predicted octanol–water partition coefficient (Wildman–Crippen LogP) is 2.08. The Hall–Kier alpha value is -1.82. The number of aryl methyl sites for hydroxylation is 1. The largest absolute Gasteiger partial charge is 0.327 e. The minimum absolute atomic E-state index is 0.283. The fourth-order valence-electron chi connectivity index (χ4n) is 2.12. The molecule has 1 aromatic heterocycles. The summed E-state index contributed by atoms with van der Waals surface area (Å²) in [7, 11) is 0. The van der Waals surface area contributed by atoms with Gasteiger partial charge in [-0.3, -0.25) is 4.68 Å². The van der Waals surface area contributed by atoms with Gasteiger partial charge >= 0.3 is 0 Å². The molecule has 1 atom stereocenters. The lowest BCUT2D eigenvalue weighted by Gasteiger charge is -2.12. The molecule has 1 aromatic carbocycles. The number of nitrogens with two attached hydrogens (primary N) is 1. The zero-order chi connectivity index (χ0) is 14.5. The van der Waals surface area contributed by atoms with Crippen molar-refractivity contribution in [2.24, 2.45) is 5.73 Å². The Morgan fingerprint density at radius 1 is 1.30 bits per heavy atom. The molecule has 2 aromatic rings. The fourth-order valence-corrected chi connectivity index (χ4v) is 2.12. The molecular weight excluding hydrogens is 262 g/mol. The number of hydrogen-bond donors (Lipinski definition) is 1. The summed E-state index contributed by atoms with van der Waals surface area (Å²) in [5, 5.41) is 4.12. The minimum Gasteiger partial charge on any atom is -0.327 e. The first-order valence-corrected chi connectivity index (χ1v) is 6.66. The van der Waals surface area contributed by atoms with Crippen LogP contribution in [0, 0.1) is 11.6 Å². The van der Waals surface area contributed by atoms with Crippen LogP contribution in [-0.4, -0.2) is 20.8 Å². The highest BCUT2D eigenvalue weighted by molar-refractivity contribution is 5.19. The van der Waals surface area contributed by atoms with Crippen molar-refractivity contribution in [2.75, 3.05) is 0 Å². The van der Waals surface area contributed by atoms with Crippen molar-refractivity contribution < 1.29 is 8.78 Å². The van der Waals surface area contributed by atoms with Gasteiger partial charge in [-0.2, -0.15) is 5.10 Å². The number of aromatic nitrogens is 3. The van der Waals surface area contributed by atoms with E-state index in [0.29, 0.717) is 18.4 Å². The Bertz CT molecular complexity index is 568. The molecule has 0 saturated carbocycles. The van der Waals surface area contributed by atoms with Crippen LogP contribution in [0.1, 0.15) is 24.7 Å². The van der Waals surface area contributed by atoms with Gasteiger partial charge in [0.25, 0.3) is 0 Å². The van der Waals surface area contributed by atoms with Gasteiger partial charge in [0.15, 0.2) is 0 Å². The molecule has 4 nitrogen and oxygen atoms in total. The topological polar surface area (TPSA) is 56.7 Å². The van der Waals surface area contributed by atoms with Crippen molar-refractivity contribution in [3.63, 3.8) is 0 Å². The van der Waals surface area contributed by atoms with Gasteiger partial charge in [-0.05, 0) is 24.5 Å². The molecule has 0 saturated heterocycles. The zero-order valence-corrected chi connectivity index (χ0v) is 11.4. The fraction of sp³-hybridized carbons (Fsp3) is 0.429. The van der Waals surface area contributed by atoms with Crippen molar-refractivity contribution in [1.29, 1.82) is 0 Å². The number of rotatable bonds is 6. The van der Waals surface area contributed by atoms with Crippen LogP contribution in [0.25, 0.3) is 0 Å². The quantitative estimate of drug-likeness (QED) is 0.881. The van der Waals surface area contributed by atoms with Gasteiger partial charge in [0, 0.05) is 25.1 Å². The third-order valence-electron chi connectivity index (χ3n) is 3.07. The second-order valence-electron chi connectivity index (χ2n) is 4.80.